The Morgan fingerprint density at radius 3 is 2.05 bits per heavy atom. The third-order valence-electron chi connectivity index (χ3n) is 2.73. The van der Waals surface area contributed by atoms with Gasteiger partial charge in [0.2, 0.25) is 0 Å². The molecule has 0 aliphatic heterocycles. The van der Waals surface area contributed by atoms with Gasteiger partial charge in [-0.15, -0.1) is 22.9 Å². The summed E-state index contributed by atoms with van der Waals surface area (Å²) < 4.78 is 11.6. The second-order valence-corrected chi connectivity index (χ2v) is 7.00. The monoisotopic (exact) mass is 370 g/mol. The van der Waals surface area contributed by atoms with E-state index in [0.717, 1.165) is 5.56 Å². The van der Waals surface area contributed by atoms with Crippen LogP contribution < -0.4 is 9.47 Å². The topological polar surface area (TPSA) is 18.5 Å². The Morgan fingerprint density at radius 2 is 1.55 bits per heavy atom. The number of alkyl halides is 1. The van der Waals surface area contributed by atoms with Crippen molar-refractivity contribution in [1.29, 1.82) is 0 Å². The summed E-state index contributed by atoms with van der Waals surface area (Å²) in [5, 5.41) is -0.0420. The molecule has 0 N–H and O–H groups in total. The van der Waals surface area contributed by atoms with Gasteiger partial charge in [0.1, 0.15) is 0 Å². The maximum Gasteiger partial charge on any atom is 0.162 e. The Labute approximate surface area is 141 Å². The van der Waals surface area contributed by atoms with Gasteiger partial charge in [0, 0.05) is 16.7 Å². The Hall–Kier alpha value is -0.320. The number of thiophene rings is 1. The van der Waals surface area contributed by atoms with Gasteiger partial charge in [-0.2, -0.15) is 0 Å². The lowest BCUT2D eigenvalue weighted by Crippen LogP contribution is -1.97. The van der Waals surface area contributed by atoms with Crippen LogP contribution >= 0.6 is 57.7 Å². The van der Waals surface area contributed by atoms with Crippen LogP contribution in [0.2, 0.25) is 13.7 Å². The third-order valence-corrected chi connectivity index (χ3v) is 5.05. The van der Waals surface area contributed by atoms with E-state index in [2.05, 4.69) is 0 Å². The molecule has 2 nitrogen and oxygen atoms in total. The van der Waals surface area contributed by atoms with E-state index in [9.17, 15) is 0 Å². The Balaban J connectivity index is 2.49. The zero-order valence-corrected chi connectivity index (χ0v) is 14.4. The van der Waals surface area contributed by atoms with Crippen molar-refractivity contribution in [2.45, 2.75) is 5.38 Å². The highest BCUT2D eigenvalue weighted by atomic mass is 35.5. The zero-order chi connectivity index (χ0) is 14.9. The van der Waals surface area contributed by atoms with E-state index in [-0.39, 0.29) is 0 Å². The minimum Gasteiger partial charge on any atom is -0.493 e. The van der Waals surface area contributed by atoms with Gasteiger partial charge in [0.15, 0.2) is 11.5 Å². The molecule has 0 aliphatic carbocycles. The van der Waals surface area contributed by atoms with Crippen LogP contribution in [0.4, 0.5) is 0 Å². The molecule has 0 saturated carbocycles. The molecule has 1 aromatic heterocycles. The Bertz CT molecular complexity index is 627. The largest absolute Gasteiger partial charge is 0.493 e. The lowest BCUT2D eigenvalue weighted by atomic mass is 10.1. The molecule has 1 unspecified atom stereocenters. The smallest absolute Gasteiger partial charge is 0.162 e. The molecule has 0 bridgehead atoms. The third kappa shape index (κ3) is 3.12. The van der Waals surface area contributed by atoms with E-state index < -0.39 is 5.38 Å². The first-order valence-electron chi connectivity index (χ1n) is 5.48. The number of hydrogen-bond donors (Lipinski definition) is 0. The first kappa shape index (κ1) is 16.1. The first-order chi connectivity index (χ1) is 9.47. The highest BCUT2D eigenvalue weighted by Gasteiger charge is 2.22. The van der Waals surface area contributed by atoms with Crippen LogP contribution in [0.15, 0.2) is 18.2 Å². The fourth-order valence-electron chi connectivity index (χ4n) is 1.76. The Morgan fingerprint density at radius 1 is 0.950 bits per heavy atom. The number of rotatable bonds is 4. The van der Waals surface area contributed by atoms with Crippen LogP contribution in [0.25, 0.3) is 0 Å². The number of hydrogen-bond acceptors (Lipinski definition) is 3. The van der Waals surface area contributed by atoms with Crippen LogP contribution in [0.3, 0.4) is 0 Å². The fourth-order valence-corrected chi connectivity index (χ4v) is 4.08. The first-order valence-corrected chi connectivity index (χ1v) is 7.86. The lowest BCUT2D eigenvalue weighted by Gasteiger charge is -2.15. The number of ether oxygens (including phenoxy) is 2. The summed E-state index contributed by atoms with van der Waals surface area (Å²) in [7, 11) is 3.09. The van der Waals surface area contributed by atoms with Crippen LogP contribution in [-0.4, -0.2) is 14.2 Å². The molecule has 1 atom stereocenters. The molecule has 2 rings (SSSR count). The molecule has 0 amide bonds. The zero-order valence-electron chi connectivity index (χ0n) is 10.5. The van der Waals surface area contributed by atoms with Crippen molar-refractivity contribution in [2.75, 3.05) is 14.2 Å². The molecule has 0 fully saturated rings. The summed E-state index contributed by atoms with van der Waals surface area (Å²) >= 11 is 26.0. The molecule has 0 aliphatic rings. The SMILES string of the molecule is COc1cc(Cl)c(C(Cl)c2cc(Cl)sc2Cl)cc1OC. The van der Waals surface area contributed by atoms with Crippen LogP contribution in [0.5, 0.6) is 11.5 Å². The van der Waals surface area contributed by atoms with Gasteiger partial charge in [-0.25, -0.2) is 0 Å². The molecular formula is C13H10Cl4O2S. The van der Waals surface area contributed by atoms with E-state index in [4.69, 9.17) is 55.9 Å². The summed E-state index contributed by atoms with van der Waals surface area (Å²) in [5.74, 6) is 1.09. The van der Waals surface area contributed by atoms with Crippen molar-refractivity contribution in [2.24, 2.45) is 0 Å². The van der Waals surface area contributed by atoms with E-state index >= 15 is 0 Å². The Kier molecular flexibility index (Phi) is 5.32. The van der Waals surface area contributed by atoms with Crippen LogP contribution in [0.1, 0.15) is 16.5 Å². The number of methoxy groups -OCH3 is 2. The van der Waals surface area contributed by atoms with Gasteiger partial charge in [-0.1, -0.05) is 34.8 Å². The standard InChI is InChI=1S/C13H10Cl4O2S/c1-18-9-3-6(8(14)5-10(9)19-2)12(16)7-4-11(15)20-13(7)17/h3-5,12H,1-2H3. The van der Waals surface area contributed by atoms with Crippen molar-refractivity contribution < 1.29 is 9.47 Å². The van der Waals surface area contributed by atoms with Gasteiger partial charge >= 0.3 is 0 Å². The van der Waals surface area contributed by atoms with E-state index in [0.29, 0.717) is 30.8 Å². The summed E-state index contributed by atoms with van der Waals surface area (Å²) in [6.45, 7) is 0. The quantitative estimate of drug-likeness (QED) is 0.608. The van der Waals surface area contributed by atoms with Crippen molar-refractivity contribution in [1.82, 2.24) is 0 Å². The average molecular weight is 372 g/mol. The second kappa shape index (κ2) is 6.63. The minimum absolute atomic E-state index is 0.473. The molecule has 1 heterocycles. The number of halogens is 4. The van der Waals surface area contributed by atoms with Crippen LogP contribution in [0, 0.1) is 0 Å². The van der Waals surface area contributed by atoms with E-state index in [1.165, 1.54) is 11.3 Å². The molecule has 0 radical (unpaired) electrons. The predicted octanol–water partition coefficient (Wildman–Crippen LogP) is 6.05. The fraction of sp³-hybridized carbons (Fsp3) is 0.231. The summed E-state index contributed by atoms with van der Waals surface area (Å²) in [4.78, 5) is 0. The summed E-state index contributed by atoms with van der Waals surface area (Å²) in [5.41, 5.74) is 1.40. The summed E-state index contributed by atoms with van der Waals surface area (Å²) in [6.07, 6.45) is 0. The lowest BCUT2D eigenvalue weighted by molar-refractivity contribution is 0.354. The van der Waals surface area contributed by atoms with Gasteiger partial charge in [-0.3, -0.25) is 0 Å². The molecule has 0 spiro atoms. The van der Waals surface area contributed by atoms with Gasteiger partial charge in [0.25, 0.3) is 0 Å². The molecule has 7 heteroatoms. The van der Waals surface area contributed by atoms with E-state index in [1.54, 1.807) is 32.4 Å². The van der Waals surface area contributed by atoms with Crippen molar-refractivity contribution >= 4 is 57.7 Å². The molecule has 108 valence electrons. The number of benzene rings is 1. The molecular weight excluding hydrogens is 362 g/mol. The highest BCUT2D eigenvalue weighted by Crippen LogP contribution is 2.45. The normalized spacial score (nSPS) is 12.3. The molecule has 0 saturated heterocycles. The van der Waals surface area contributed by atoms with Gasteiger partial charge in [0.05, 0.1) is 28.3 Å². The van der Waals surface area contributed by atoms with Gasteiger partial charge < -0.3 is 9.47 Å². The second-order valence-electron chi connectivity index (χ2n) is 3.87. The maximum atomic E-state index is 6.46. The molecule has 20 heavy (non-hydrogen) atoms. The maximum absolute atomic E-state index is 6.46. The molecule has 1 aromatic carbocycles. The van der Waals surface area contributed by atoms with Crippen LogP contribution in [-0.2, 0) is 0 Å². The van der Waals surface area contributed by atoms with Crippen molar-refractivity contribution in [3.8, 4) is 11.5 Å². The molecule has 2 aromatic rings. The summed E-state index contributed by atoms with van der Waals surface area (Å²) in [6, 6.07) is 5.13. The van der Waals surface area contributed by atoms with Gasteiger partial charge in [-0.05, 0) is 17.7 Å². The highest BCUT2D eigenvalue weighted by molar-refractivity contribution is 7.20. The minimum atomic E-state index is -0.515. The average Bonchev–Trinajstić information content (AvgIpc) is 2.76. The van der Waals surface area contributed by atoms with Crippen molar-refractivity contribution in [3.05, 3.63) is 43.0 Å². The van der Waals surface area contributed by atoms with Crippen molar-refractivity contribution in [3.63, 3.8) is 0 Å². The van der Waals surface area contributed by atoms with E-state index in [1.807, 2.05) is 0 Å². The predicted molar refractivity (Wildman–Crippen MR) is 86.6 cm³/mol.